The average Bonchev–Trinajstić information content (AvgIpc) is 2.39. The van der Waals surface area contributed by atoms with Gasteiger partial charge in [-0.05, 0) is 26.0 Å². The molecule has 0 heterocycles. The Hall–Kier alpha value is -2.61. The molecule has 1 aromatic rings. The second kappa shape index (κ2) is 6.97. The SMILES string of the molecule is C/C=C/C(=O)O[C@@H](C)C(=O)Nc1ccccc1C#N. The number of esters is 1. The fourth-order valence-corrected chi connectivity index (χ4v) is 1.33. The number of nitrogens with zero attached hydrogens (tertiary/aromatic N) is 1. The third-order valence-corrected chi connectivity index (χ3v) is 2.27. The topological polar surface area (TPSA) is 79.2 Å². The number of anilines is 1. The Bertz CT molecular complexity index is 544. The Morgan fingerprint density at radius 2 is 2.11 bits per heavy atom. The van der Waals surface area contributed by atoms with Gasteiger partial charge in [0.1, 0.15) is 6.07 Å². The molecule has 0 saturated heterocycles. The highest BCUT2D eigenvalue weighted by Gasteiger charge is 2.17. The molecule has 0 aliphatic rings. The Morgan fingerprint density at radius 1 is 1.42 bits per heavy atom. The lowest BCUT2D eigenvalue weighted by molar-refractivity contribution is -0.148. The monoisotopic (exact) mass is 258 g/mol. The minimum atomic E-state index is -0.935. The zero-order chi connectivity index (χ0) is 14.3. The molecule has 0 aliphatic heterocycles. The molecule has 1 N–H and O–H groups in total. The van der Waals surface area contributed by atoms with E-state index in [1.165, 1.54) is 19.1 Å². The van der Waals surface area contributed by atoms with Crippen LogP contribution in [0.1, 0.15) is 19.4 Å². The zero-order valence-corrected chi connectivity index (χ0v) is 10.7. The van der Waals surface area contributed by atoms with Gasteiger partial charge in [0.15, 0.2) is 6.10 Å². The molecular weight excluding hydrogens is 244 g/mol. The summed E-state index contributed by atoms with van der Waals surface area (Å²) in [6, 6.07) is 8.56. The highest BCUT2D eigenvalue weighted by Crippen LogP contribution is 2.14. The molecule has 19 heavy (non-hydrogen) atoms. The number of nitriles is 1. The van der Waals surface area contributed by atoms with Gasteiger partial charge in [-0.1, -0.05) is 18.2 Å². The van der Waals surface area contributed by atoms with Crippen molar-refractivity contribution >= 4 is 17.6 Å². The number of rotatable bonds is 4. The maximum Gasteiger partial charge on any atom is 0.331 e. The van der Waals surface area contributed by atoms with Gasteiger partial charge in [0, 0.05) is 6.08 Å². The summed E-state index contributed by atoms with van der Waals surface area (Å²) in [6.45, 7) is 3.14. The first-order valence-corrected chi connectivity index (χ1v) is 5.71. The maximum atomic E-state index is 11.8. The van der Waals surface area contributed by atoms with Crippen LogP contribution in [0.5, 0.6) is 0 Å². The summed E-state index contributed by atoms with van der Waals surface area (Å²) < 4.78 is 4.88. The molecule has 5 heteroatoms. The number of hydrogen-bond acceptors (Lipinski definition) is 4. The first-order valence-electron chi connectivity index (χ1n) is 5.71. The van der Waals surface area contributed by atoms with Crippen LogP contribution in [0.2, 0.25) is 0 Å². The van der Waals surface area contributed by atoms with E-state index in [0.717, 1.165) is 0 Å². The van der Waals surface area contributed by atoms with E-state index >= 15 is 0 Å². The van der Waals surface area contributed by atoms with Crippen molar-refractivity contribution in [3.63, 3.8) is 0 Å². The van der Waals surface area contributed by atoms with Crippen molar-refractivity contribution < 1.29 is 14.3 Å². The van der Waals surface area contributed by atoms with Crippen LogP contribution in [0.3, 0.4) is 0 Å². The van der Waals surface area contributed by atoms with Crippen LogP contribution in [0, 0.1) is 11.3 Å². The fraction of sp³-hybridized carbons (Fsp3) is 0.214. The van der Waals surface area contributed by atoms with E-state index in [1.807, 2.05) is 6.07 Å². The molecule has 1 atom stereocenters. The number of nitrogens with one attached hydrogen (secondary N) is 1. The summed E-state index contributed by atoms with van der Waals surface area (Å²) in [5.41, 5.74) is 0.742. The molecule has 98 valence electrons. The largest absolute Gasteiger partial charge is 0.449 e. The number of carbonyl (C=O) groups is 2. The molecule has 0 spiro atoms. The van der Waals surface area contributed by atoms with Crippen LogP contribution in [0.25, 0.3) is 0 Å². The predicted molar refractivity (Wildman–Crippen MR) is 70.2 cm³/mol. The van der Waals surface area contributed by atoms with Crippen molar-refractivity contribution in [1.29, 1.82) is 5.26 Å². The number of benzene rings is 1. The van der Waals surface area contributed by atoms with Crippen molar-refractivity contribution in [2.75, 3.05) is 5.32 Å². The normalized spacial score (nSPS) is 11.6. The van der Waals surface area contributed by atoms with E-state index < -0.39 is 18.0 Å². The first-order chi connectivity index (χ1) is 9.08. The van der Waals surface area contributed by atoms with Crippen LogP contribution < -0.4 is 5.32 Å². The van der Waals surface area contributed by atoms with E-state index in [-0.39, 0.29) is 0 Å². The highest BCUT2D eigenvalue weighted by atomic mass is 16.5. The van der Waals surface area contributed by atoms with Crippen molar-refractivity contribution in [1.82, 2.24) is 0 Å². The Labute approximate surface area is 111 Å². The van der Waals surface area contributed by atoms with Crippen molar-refractivity contribution in [3.8, 4) is 6.07 Å². The standard InChI is InChI=1S/C14H14N2O3/c1-3-6-13(17)19-10(2)14(18)16-12-8-5-4-7-11(12)9-15/h3-8,10H,1-2H3,(H,16,18)/b6-3+/t10-/m0/s1. The molecule has 0 aromatic heterocycles. The molecule has 0 bridgehead atoms. The summed E-state index contributed by atoms with van der Waals surface area (Å²) in [4.78, 5) is 23.0. The molecule has 0 unspecified atom stereocenters. The summed E-state index contributed by atoms with van der Waals surface area (Å²) >= 11 is 0. The Morgan fingerprint density at radius 3 is 2.74 bits per heavy atom. The molecule has 0 saturated carbocycles. The number of carbonyl (C=O) groups excluding carboxylic acids is 2. The summed E-state index contributed by atoms with van der Waals surface area (Å²) in [6.07, 6.45) is 1.82. The van der Waals surface area contributed by atoms with Crippen molar-refractivity contribution in [2.24, 2.45) is 0 Å². The van der Waals surface area contributed by atoms with E-state index in [4.69, 9.17) is 10.00 Å². The molecule has 0 aliphatic carbocycles. The average molecular weight is 258 g/mol. The molecular formula is C14H14N2O3. The van der Waals surface area contributed by atoms with Gasteiger partial charge < -0.3 is 10.1 Å². The minimum Gasteiger partial charge on any atom is -0.449 e. The van der Waals surface area contributed by atoms with Gasteiger partial charge in [-0.2, -0.15) is 5.26 Å². The van der Waals surface area contributed by atoms with Crippen LogP contribution in [-0.2, 0) is 14.3 Å². The minimum absolute atomic E-state index is 0.350. The van der Waals surface area contributed by atoms with Gasteiger partial charge in [0.05, 0.1) is 11.3 Å². The van der Waals surface area contributed by atoms with Crippen molar-refractivity contribution in [2.45, 2.75) is 20.0 Å². The lowest BCUT2D eigenvalue weighted by atomic mass is 10.2. The summed E-state index contributed by atoms with van der Waals surface area (Å²) in [5, 5.41) is 11.4. The summed E-state index contributed by atoms with van der Waals surface area (Å²) in [7, 11) is 0. The molecule has 1 amide bonds. The predicted octanol–water partition coefficient (Wildman–Crippen LogP) is 2.00. The second-order valence-corrected chi connectivity index (χ2v) is 3.73. The number of amides is 1. The van der Waals surface area contributed by atoms with Crippen LogP contribution >= 0.6 is 0 Å². The Kier molecular flexibility index (Phi) is 5.30. The molecule has 0 radical (unpaired) electrons. The van der Waals surface area contributed by atoms with Crippen molar-refractivity contribution in [3.05, 3.63) is 42.0 Å². The maximum absolute atomic E-state index is 11.8. The quantitative estimate of drug-likeness (QED) is 0.661. The number of hydrogen-bond donors (Lipinski definition) is 1. The zero-order valence-electron chi connectivity index (χ0n) is 10.7. The molecule has 1 rings (SSSR count). The van der Waals surface area contributed by atoms with Gasteiger partial charge >= 0.3 is 5.97 Å². The van der Waals surface area contributed by atoms with E-state index in [2.05, 4.69) is 5.32 Å². The number of para-hydroxylation sites is 1. The third kappa shape index (κ3) is 4.28. The summed E-state index contributed by atoms with van der Waals surface area (Å²) in [5.74, 6) is -1.07. The van der Waals surface area contributed by atoms with Gasteiger partial charge in [-0.15, -0.1) is 0 Å². The number of ether oxygens (including phenoxy) is 1. The van der Waals surface area contributed by atoms with E-state index in [9.17, 15) is 9.59 Å². The van der Waals surface area contributed by atoms with Crippen LogP contribution in [0.15, 0.2) is 36.4 Å². The third-order valence-electron chi connectivity index (χ3n) is 2.27. The highest BCUT2D eigenvalue weighted by molar-refractivity contribution is 5.96. The second-order valence-electron chi connectivity index (χ2n) is 3.73. The Balaban J connectivity index is 2.69. The van der Waals surface area contributed by atoms with Gasteiger partial charge in [-0.25, -0.2) is 4.79 Å². The number of allylic oxidation sites excluding steroid dienone is 1. The smallest absolute Gasteiger partial charge is 0.331 e. The first kappa shape index (κ1) is 14.5. The van der Waals surface area contributed by atoms with Crippen LogP contribution in [0.4, 0.5) is 5.69 Å². The van der Waals surface area contributed by atoms with Gasteiger partial charge in [0.25, 0.3) is 5.91 Å². The molecule has 5 nitrogen and oxygen atoms in total. The van der Waals surface area contributed by atoms with E-state index in [0.29, 0.717) is 11.3 Å². The molecule has 1 aromatic carbocycles. The molecule has 0 fully saturated rings. The fourth-order valence-electron chi connectivity index (χ4n) is 1.33. The van der Waals surface area contributed by atoms with E-state index in [1.54, 1.807) is 31.2 Å². The lowest BCUT2D eigenvalue weighted by Gasteiger charge is -2.12. The van der Waals surface area contributed by atoms with Gasteiger partial charge in [-0.3, -0.25) is 4.79 Å². The van der Waals surface area contributed by atoms with Gasteiger partial charge in [0.2, 0.25) is 0 Å². The van der Waals surface area contributed by atoms with Crippen LogP contribution in [-0.4, -0.2) is 18.0 Å². The lowest BCUT2D eigenvalue weighted by Crippen LogP contribution is -2.29.